The zero-order chi connectivity index (χ0) is 24.0. The highest BCUT2D eigenvalue weighted by atomic mass is 19.1. The van der Waals surface area contributed by atoms with Crippen LogP contribution in [0.4, 0.5) is 14.5 Å². The Bertz CT molecular complexity index is 1290. The molecule has 0 radical (unpaired) electrons. The van der Waals surface area contributed by atoms with Gasteiger partial charge in [-0.1, -0.05) is 0 Å². The first-order valence-electron chi connectivity index (χ1n) is 9.70. The highest BCUT2D eigenvalue weighted by Gasteiger charge is 2.37. The van der Waals surface area contributed by atoms with E-state index in [0.717, 1.165) is 21.7 Å². The Morgan fingerprint density at radius 1 is 1.27 bits per heavy atom. The first-order chi connectivity index (χ1) is 15.6. The summed E-state index contributed by atoms with van der Waals surface area (Å²) < 4.78 is 34.5. The van der Waals surface area contributed by atoms with E-state index in [1.54, 1.807) is 0 Å². The summed E-state index contributed by atoms with van der Waals surface area (Å²) in [4.78, 5) is 44.6. The van der Waals surface area contributed by atoms with E-state index in [2.05, 4.69) is 9.98 Å². The second-order valence-corrected chi connectivity index (χ2v) is 7.45. The molecule has 4 rings (SSSR count). The lowest BCUT2D eigenvalue weighted by Gasteiger charge is -2.19. The van der Waals surface area contributed by atoms with Crippen LogP contribution >= 0.6 is 0 Å². The van der Waals surface area contributed by atoms with Crippen LogP contribution in [0.15, 0.2) is 38.6 Å². The van der Waals surface area contributed by atoms with Crippen LogP contribution in [0.25, 0.3) is 6.08 Å². The second kappa shape index (κ2) is 8.35. The van der Waals surface area contributed by atoms with E-state index in [1.807, 2.05) is 0 Å². The summed E-state index contributed by atoms with van der Waals surface area (Å²) in [6.45, 7) is 0.881. The number of benzene rings is 1. The number of amidine groups is 1. The number of rotatable bonds is 4. The smallest absolute Gasteiger partial charge is 0.330 e. The predicted molar refractivity (Wildman–Crippen MR) is 110 cm³/mol. The molecule has 0 saturated carbocycles. The molecule has 2 aromatic rings. The lowest BCUT2D eigenvalue weighted by atomic mass is 10.1. The number of hydrogen-bond acceptors (Lipinski definition) is 8. The molecule has 174 valence electrons. The van der Waals surface area contributed by atoms with Gasteiger partial charge in [-0.15, -0.1) is 0 Å². The number of aromatic nitrogens is 2. The second-order valence-electron chi connectivity index (χ2n) is 7.45. The number of phenols is 1. The van der Waals surface area contributed by atoms with Crippen molar-refractivity contribution in [2.75, 3.05) is 11.5 Å². The van der Waals surface area contributed by atoms with Crippen LogP contribution in [0.3, 0.4) is 0 Å². The normalized spacial score (nSPS) is 24.1. The van der Waals surface area contributed by atoms with Gasteiger partial charge in [0, 0.05) is 30.3 Å². The van der Waals surface area contributed by atoms with Crippen LogP contribution in [0.1, 0.15) is 25.1 Å². The number of aliphatic hydroxyl groups excluding tert-OH is 2. The Morgan fingerprint density at radius 3 is 2.55 bits per heavy atom. The van der Waals surface area contributed by atoms with Crippen LogP contribution < -0.4 is 16.1 Å². The molecule has 1 aromatic heterocycles. The molecule has 0 unspecified atom stereocenters. The maximum atomic E-state index is 14.1. The molecule has 1 fully saturated rings. The van der Waals surface area contributed by atoms with Gasteiger partial charge in [0.2, 0.25) is 0 Å². The van der Waals surface area contributed by atoms with E-state index in [9.17, 15) is 38.5 Å². The van der Waals surface area contributed by atoms with Gasteiger partial charge < -0.3 is 20.1 Å². The van der Waals surface area contributed by atoms with Gasteiger partial charge in [0.1, 0.15) is 46.9 Å². The number of aromatic hydroxyl groups is 1. The van der Waals surface area contributed by atoms with E-state index >= 15 is 0 Å². The fraction of sp³-hybridized carbons (Fsp3) is 0.300. The van der Waals surface area contributed by atoms with Crippen LogP contribution in [-0.2, 0) is 9.53 Å². The number of carbonyl (C=O) groups excluding carboxylic acids is 1. The quantitative estimate of drug-likeness (QED) is 0.463. The van der Waals surface area contributed by atoms with Crippen molar-refractivity contribution in [1.82, 2.24) is 9.55 Å². The largest absolute Gasteiger partial charge is 0.508 e. The van der Waals surface area contributed by atoms with Crippen molar-refractivity contribution in [2.45, 2.75) is 31.8 Å². The third-order valence-electron chi connectivity index (χ3n) is 5.26. The van der Waals surface area contributed by atoms with Gasteiger partial charge in [0.25, 0.3) is 11.5 Å². The molecule has 13 heteroatoms. The molecular weight excluding hydrogens is 446 g/mol. The molecule has 11 nitrogen and oxygen atoms in total. The maximum Gasteiger partial charge on any atom is 0.330 e. The number of H-pyrrole nitrogens is 1. The van der Waals surface area contributed by atoms with Crippen molar-refractivity contribution in [3.8, 4) is 5.75 Å². The van der Waals surface area contributed by atoms with Gasteiger partial charge in [-0.2, -0.15) is 0 Å². The Hall–Kier alpha value is -3.68. The van der Waals surface area contributed by atoms with Crippen molar-refractivity contribution >= 4 is 23.5 Å². The summed E-state index contributed by atoms with van der Waals surface area (Å²) in [7, 11) is 0. The predicted octanol–water partition coefficient (Wildman–Crippen LogP) is -0.0328. The summed E-state index contributed by atoms with van der Waals surface area (Å²) >= 11 is 0. The zero-order valence-electron chi connectivity index (χ0n) is 17.0. The Morgan fingerprint density at radius 2 is 1.94 bits per heavy atom. The number of aliphatic hydroxyl groups is 2. The van der Waals surface area contributed by atoms with Gasteiger partial charge >= 0.3 is 5.69 Å². The monoisotopic (exact) mass is 464 g/mol. The number of ether oxygens (including phenoxy) is 1. The lowest BCUT2D eigenvalue weighted by Crippen LogP contribution is -2.40. The van der Waals surface area contributed by atoms with Gasteiger partial charge in [-0.25, -0.2) is 18.6 Å². The van der Waals surface area contributed by atoms with E-state index in [0.29, 0.717) is 12.1 Å². The molecule has 2 aliphatic heterocycles. The maximum absolute atomic E-state index is 14.1. The third kappa shape index (κ3) is 3.97. The number of hydrogen-bond donors (Lipinski definition) is 4. The molecule has 3 atom stereocenters. The van der Waals surface area contributed by atoms with Gasteiger partial charge in [-0.3, -0.25) is 24.0 Å². The summed E-state index contributed by atoms with van der Waals surface area (Å²) in [6.07, 6.45) is -1.18. The summed E-state index contributed by atoms with van der Waals surface area (Å²) in [5, 5.41) is 28.4. The van der Waals surface area contributed by atoms with Crippen molar-refractivity contribution < 1.29 is 33.6 Å². The Labute approximate surface area is 183 Å². The van der Waals surface area contributed by atoms with Gasteiger partial charge in [0.05, 0.1) is 12.7 Å². The van der Waals surface area contributed by atoms with Crippen LogP contribution in [0.2, 0.25) is 0 Å². The molecule has 1 saturated heterocycles. The number of halogens is 2. The number of phenolic OH excluding ortho intramolecular Hbond substituents is 1. The third-order valence-corrected chi connectivity index (χ3v) is 5.26. The summed E-state index contributed by atoms with van der Waals surface area (Å²) in [6, 6.07) is 1.33. The number of aromatic amines is 1. The minimum absolute atomic E-state index is 0.0119. The fourth-order valence-corrected chi connectivity index (χ4v) is 3.66. The van der Waals surface area contributed by atoms with Crippen molar-refractivity contribution in [3.05, 3.63) is 62.1 Å². The minimum atomic E-state index is -1.12. The summed E-state index contributed by atoms with van der Waals surface area (Å²) in [5.41, 5.74) is -3.12. The van der Waals surface area contributed by atoms with Crippen molar-refractivity contribution in [2.24, 2.45) is 4.99 Å². The number of amides is 1. The van der Waals surface area contributed by atoms with E-state index in [1.165, 1.54) is 6.92 Å². The van der Waals surface area contributed by atoms with Crippen molar-refractivity contribution in [1.29, 1.82) is 0 Å². The number of aliphatic imine (C=N–C) groups is 1. The fourth-order valence-electron chi connectivity index (χ4n) is 3.66. The average molecular weight is 464 g/mol. The molecule has 0 spiro atoms. The minimum Gasteiger partial charge on any atom is -0.508 e. The molecule has 0 bridgehead atoms. The van der Waals surface area contributed by atoms with Gasteiger partial charge in [0.15, 0.2) is 0 Å². The molecule has 2 aliphatic rings. The molecule has 1 aromatic carbocycles. The highest BCUT2D eigenvalue weighted by Crippen LogP contribution is 2.29. The first kappa shape index (κ1) is 22.5. The molecule has 1 amide bonds. The van der Waals surface area contributed by atoms with Gasteiger partial charge in [-0.05, 0) is 13.0 Å². The Kier molecular flexibility index (Phi) is 5.69. The summed E-state index contributed by atoms with van der Waals surface area (Å²) in [5.74, 6) is -3.79. The molecule has 0 aliphatic carbocycles. The number of anilines is 1. The number of nitrogens with one attached hydrogen (secondary N) is 1. The number of carbonyl (C=O) groups is 1. The lowest BCUT2D eigenvalue weighted by molar-refractivity contribution is -0.113. The van der Waals surface area contributed by atoms with Crippen molar-refractivity contribution in [3.63, 3.8) is 0 Å². The van der Waals surface area contributed by atoms with Crippen LogP contribution in [-0.4, -0.2) is 55.4 Å². The average Bonchev–Trinajstić information content (AvgIpc) is 3.24. The topological polar surface area (TPSA) is 157 Å². The highest BCUT2D eigenvalue weighted by molar-refractivity contribution is 6.28. The SMILES string of the molecule is CC1=N/C(=C\c2c(F)cc(O)cc2F)C(=O)N1c1cn([C@H]2C[C@H](O)[C@@H](CO)O2)c(=O)[nH]c1=O. The van der Waals surface area contributed by atoms with E-state index < -0.39 is 65.1 Å². The molecule has 33 heavy (non-hydrogen) atoms. The zero-order valence-corrected chi connectivity index (χ0v) is 17.0. The van der Waals surface area contributed by atoms with E-state index in [-0.39, 0.29) is 23.6 Å². The molecular formula is C20H18F2N4O7. The Balaban J connectivity index is 1.72. The standard InChI is InChI=1S/C20H18F2N4O7/c1-8-23-13(4-10-11(21)2-9(28)3-12(10)22)19(31)26(8)14-6-25(20(32)24-18(14)30)17-5-15(29)16(7-27)33-17/h2-4,6,15-17,27-29H,5,7H2,1H3,(H,24,30,32)/b13-4-/t15-,16+,17+/m0/s1. The molecule has 3 heterocycles. The number of nitrogens with zero attached hydrogens (tertiary/aromatic N) is 3. The van der Waals surface area contributed by atoms with E-state index in [4.69, 9.17) is 4.74 Å². The van der Waals surface area contributed by atoms with Crippen LogP contribution in [0, 0.1) is 11.6 Å². The van der Waals surface area contributed by atoms with Crippen LogP contribution in [0.5, 0.6) is 5.75 Å². The molecule has 4 N–H and O–H groups in total. The first-order valence-corrected chi connectivity index (χ1v) is 9.70.